The second kappa shape index (κ2) is 9.41. The number of nitro groups is 1. The number of benzene rings is 3. The second-order valence-corrected chi connectivity index (χ2v) is 7.02. The van der Waals surface area contributed by atoms with Gasteiger partial charge in [-0.2, -0.15) is 4.39 Å². The molecular weight excluding hydrogens is 445 g/mol. The molecule has 10 heteroatoms. The Bertz CT molecular complexity index is 1380. The van der Waals surface area contributed by atoms with E-state index < -0.39 is 22.5 Å². The van der Waals surface area contributed by atoms with Gasteiger partial charge >= 0.3 is 11.8 Å². The lowest BCUT2D eigenvalue weighted by atomic mass is 9.96. The van der Waals surface area contributed by atoms with Crippen LogP contribution in [0.1, 0.15) is 11.1 Å². The third-order valence-electron chi connectivity index (χ3n) is 4.93. The highest BCUT2D eigenvalue weighted by molar-refractivity contribution is 5.89. The zero-order valence-corrected chi connectivity index (χ0v) is 17.7. The maximum atomic E-state index is 14.1. The smallest absolute Gasteiger partial charge is 0.405 e. The number of methoxy groups -OCH3 is 1. The number of fused-ring (bicyclic) bond motifs is 1. The van der Waals surface area contributed by atoms with E-state index >= 15 is 0 Å². The van der Waals surface area contributed by atoms with Crippen molar-refractivity contribution in [2.75, 3.05) is 7.11 Å². The van der Waals surface area contributed by atoms with Crippen LogP contribution in [0.2, 0.25) is 0 Å². The summed E-state index contributed by atoms with van der Waals surface area (Å²) in [4.78, 5) is 25.9. The van der Waals surface area contributed by atoms with Crippen molar-refractivity contribution in [1.82, 2.24) is 10.3 Å². The lowest BCUT2D eigenvalue weighted by Gasteiger charge is -2.20. The van der Waals surface area contributed by atoms with Crippen molar-refractivity contribution in [1.29, 1.82) is 0 Å². The first-order valence-corrected chi connectivity index (χ1v) is 9.88. The van der Waals surface area contributed by atoms with Crippen LogP contribution in [0.3, 0.4) is 0 Å². The Morgan fingerprint density at radius 2 is 1.85 bits per heavy atom. The number of pyridine rings is 1. The second-order valence-electron chi connectivity index (χ2n) is 7.02. The molecule has 0 unspecified atom stereocenters. The Kier molecular flexibility index (Phi) is 6.22. The lowest BCUT2D eigenvalue weighted by molar-refractivity contribution is -0.387. The Morgan fingerprint density at radius 1 is 1.09 bits per heavy atom. The topological polar surface area (TPSA) is 124 Å². The Morgan fingerprint density at radius 3 is 2.50 bits per heavy atom. The number of halogens is 1. The van der Waals surface area contributed by atoms with Gasteiger partial charge in [0.15, 0.2) is 0 Å². The van der Waals surface area contributed by atoms with Crippen LogP contribution in [0.15, 0.2) is 72.9 Å². The highest BCUT2D eigenvalue weighted by atomic mass is 19.1. The van der Waals surface area contributed by atoms with Crippen LogP contribution in [0.5, 0.6) is 17.2 Å². The minimum Gasteiger partial charge on any atom is -0.496 e. The fourth-order valence-corrected chi connectivity index (χ4v) is 3.43. The van der Waals surface area contributed by atoms with E-state index in [9.17, 15) is 24.4 Å². The normalized spacial score (nSPS) is 10.8. The number of aromatic nitrogens is 1. The molecule has 0 aliphatic heterocycles. The van der Waals surface area contributed by atoms with Crippen molar-refractivity contribution < 1.29 is 28.7 Å². The van der Waals surface area contributed by atoms with Gasteiger partial charge in [0.25, 0.3) is 0 Å². The molecule has 0 saturated heterocycles. The SMILES string of the molecule is COc1cc2nccc(Oc3ccc([N+](=O)[O-])c(F)c3)c2cc1[C](NC(=O)O)c1ccccc1. The standard InChI is InChI=1S/C24H17FN3O6/c1-33-22-13-19-16(12-17(22)23(27-24(29)30)14-5-3-2-4-6-14)21(9-10-26-19)34-15-7-8-20(28(31)32)18(25)11-15/h2-13,27H,1H3,(H,29,30). The van der Waals surface area contributed by atoms with Gasteiger partial charge in [0, 0.05) is 35.3 Å². The van der Waals surface area contributed by atoms with E-state index in [2.05, 4.69) is 10.3 Å². The summed E-state index contributed by atoms with van der Waals surface area (Å²) in [6.07, 6.45) is 0.223. The van der Waals surface area contributed by atoms with Crippen molar-refractivity contribution in [2.45, 2.75) is 0 Å². The fourth-order valence-electron chi connectivity index (χ4n) is 3.43. The molecule has 0 aliphatic rings. The molecule has 1 heterocycles. The third-order valence-corrected chi connectivity index (χ3v) is 4.93. The molecule has 0 fully saturated rings. The van der Waals surface area contributed by atoms with E-state index in [0.29, 0.717) is 27.8 Å². The highest BCUT2D eigenvalue weighted by Gasteiger charge is 2.24. The van der Waals surface area contributed by atoms with Gasteiger partial charge in [-0.3, -0.25) is 15.1 Å². The molecule has 34 heavy (non-hydrogen) atoms. The molecule has 2 N–H and O–H groups in total. The number of hydrogen-bond donors (Lipinski definition) is 2. The van der Waals surface area contributed by atoms with Crippen LogP contribution >= 0.6 is 0 Å². The number of amides is 1. The van der Waals surface area contributed by atoms with E-state index in [1.165, 1.54) is 19.4 Å². The summed E-state index contributed by atoms with van der Waals surface area (Å²) in [6, 6.07) is 17.2. The molecule has 9 nitrogen and oxygen atoms in total. The van der Waals surface area contributed by atoms with E-state index in [0.717, 1.165) is 12.1 Å². The fraction of sp³-hybridized carbons (Fsp3) is 0.0417. The number of nitro benzene ring substituents is 1. The molecule has 0 atom stereocenters. The highest BCUT2D eigenvalue weighted by Crippen LogP contribution is 2.37. The maximum Gasteiger partial charge on any atom is 0.405 e. The number of rotatable bonds is 7. The van der Waals surface area contributed by atoms with Crippen LogP contribution in [0, 0.1) is 22.0 Å². The predicted octanol–water partition coefficient (Wildman–Crippen LogP) is 5.28. The van der Waals surface area contributed by atoms with Crippen molar-refractivity contribution in [3.05, 3.63) is 106 Å². The molecule has 0 bridgehead atoms. The molecule has 0 aliphatic carbocycles. The predicted molar refractivity (Wildman–Crippen MR) is 120 cm³/mol. The third kappa shape index (κ3) is 4.56. The number of carbonyl (C=O) groups is 1. The minimum atomic E-state index is -1.26. The van der Waals surface area contributed by atoms with Crippen molar-refractivity contribution in [2.24, 2.45) is 0 Å². The molecule has 3 aromatic carbocycles. The van der Waals surface area contributed by atoms with Crippen LogP contribution in [-0.2, 0) is 0 Å². The van der Waals surface area contributed by atoms with Crippen LogP contribution in [0.4, 0.5) is 14.9 Å². The average molecular weight is 462 g/mol. The van der Waals surface area contributed by atoms with Crippen molar-refractivity contribution >= 4 is 22.7 Å². The molecule has 1 amide bonds. The summed E-state index contributed by atoms with van der Waals surface area (Å²) in [6.45, 7) is 0. The van der Waals surface area contributed by atoms with Gasteiger partial charge in [-0.15, -0.1) is 0 Å². The lowest BCUT2D eigenvalue weighted by Crippen LogP contribution is -2.28. The molecule has 1 radical (unpaired) electrons. The summed E-state index contributed by atoms with van der Waals surface area (Å²) < 4.78 is 25.4. The quantitative estimate of drug-likeness (QED) is 0.283. The Labute approximate surface area is 192 Å². The minimum absolute atomic E-state index is 0.0453. The van der Waals surface area contributed by atoms with Gasteiger partial charge in [-0.1, -0.05) is 30.3 Å². The average Bonchev–Trinajstić information content (AvgIpc) is 2.82. The van der Waals surface area contributed by atoms with Crippen LogP contribution in [-0.4, -0.2) is 28.2 Å². The largest absolute Gasteiger partial charge is 0.496 e. The number of carboxylic acid groups (broad SMARTS) is 1. The molecule has 0 saturated carbocycles. The first kappa shape index (κ1) is 22.5. The number of nitrogens with zero attached hydrogens (tertiary/aromatic N) is 2. The summed E-state index contributed by atoms with van der Waals surface area (Å²) in [5.41, 5.74) is 0.840. The first-order chi connectivity index (χ1) is 16.4. The molecule has 4 rings (SSSR count). The van der Waals surface area contributed by atoms with Gasteiger partial charge in [0.1, 0.15) is 23.3 Å². The zero-order chi connectivity index (χ0) is 24.2. The van der Waals surface area contributed by atoms with Gasteiger partial charge in [-0.05, 0) is 23.8 Å². The molecule has 0 spiro atoms. The summed E-state index contributed by atoms with van der Waals surface area (Å²) in [7, 11) is 1.45. The molecule has 1 aromatic heterocycles. The van der Waals surface area contributed by atoms with Gasteiger partial charge in [0.2, 0.25) is 5.82 Å². The van der Waals surface area contributed by atoms with Crippen molar-refractivity contribution in [3.63, 3.8) is 0 Å². The van der Waals surface area contributed by atoms with E-state index in [-0.39, 0.29) is 17.5 Å². The van der Waals surface area contributed by atoms with E-state index in [4.69, 9.17) is 9.47 Å². The number of nitrogens with one attached hydrogen (secondary N) is 1. The van der Waals surface area contributed by atoms with Crippen LogP contribution < -0.4 is 14.8 Å². The van der Waals surface area contributed by atoms with Gasteiger partial charge in [-0.25, -0.2) is 4.79 Å². The number of hydrogen-bond acceptors (Lipinski definition) is 6. The van der Waals surface area contributed by atoms with E-state index in [1.54, 1.807) is 48.5 Å². The van der Waals surface area contributed by atoms with Crippen molar-refractivity contribution in [3.8, 4) is 17.2 Å². The zero-order valence-electron chi connectivity index (χ0n) is 17.7. The Balaban J connectivity index is 1.83. The summed E-state index contributed by atoms with van der Waals surface area (Å²) in [5, 5.41) is 23.2. The Hall–Kier alpha value is -4.73. The molecule has 4 aromatic rings. The molecular formula is C24H17FN3O6. The first-order valence-electron chi connectivity index (χ1n) is 9.88. The number of ether oxygens (including phenoxy) is 2. The van der Waals surface area contributed by atoms with Gasteiger partial charge < -0.3 is 19.9 Å². The summed E-state index contributed by atoms with van der Waals surface area (Å²) in [5.74, 6) is -0.339. The molecule has 171 valence electrons. The van der Waals surface area contributed by atoms with Crippen LogP contribution in [0.25, 0.3) is 10.9 Å². The van der Waals surface area contributed by atoms with Gasteiger partial charge in [0.05, 0.1) is 17.5 Å². The monoisotopic (exact) mass is 462 g/mol. The summed E-state index contributed by atoms with van der Waals surface area (Å²) >= 11 is 0. The van der Waals surface area contributed by atoms with E-state index in [1.807, 2.05) is 0 Å². The maximum absolute atomic E-state index is 14.1.